The van der Waals surface area contributed by atoms with Crippen LogP contribution < -0.4 is 5.43 Å². The third kappa shape index (κ3) is 4.31. The Kier molecular flexibility index (Phi) is 5.32. The lowest BCUT2D eigenvalue weighted by Crippen LogP contribution is -2.44. The van der Waals surface area contributed by atoms with E-state index in [0.29, 0.717) is 13.1 Å². The summed E-state index contributed by atoms with van der Waals surface area (Å²) in [5, 5.41) is 6.97. The lowest BCUT2D eigenvalue weighted by Gasteiger charge is -2.32. The number of aromatic nitrogens is 2. The smallest absolute Gasteiger partial charge is 0.410 e. The number of hydrazine groups is 1. The number of allylic oxidation sites excluding steroid dienone is 2. The van der Waals surface area contributed by atoms with Crippen LogP contribution in [0.2, 0.25) is 0 Å². The zero-order chi connectivity index (χ0) is 23.0. The van der Waals surface area contributed by atoms with Gasteiger partial charge in [0.15, 0.2) is 0 Å². The molecule has 2 aliphatic heterocycles. The van der Waals surface area contributed by atoms with E-state index in [2.05, 4.69) is 34.7 Å². The van der Waals surface area contributed by atoms with E-state index in [4.69, 9.17) is 9.84 Å². The van der Waals surface area contributed by atoms with Crippen LogP contribution in [0.15, 0.2) is 73.1 Å². The van der Waals surface area contributed by atoms with E-state index < -0.39 is 5.60 Å². The van der Waals surface area contributed by atoms with Crippen molar-refractivity contribution in [2.45, 2.75) is 38.8 Å². The van der Waals surface area contributed by atoms with Crippen molar-refractivity contribution < 1.29 is 9.53 Å². The lowest BCUT2D eigenvalue weighted by molar-refractivity contribution is 0.0282. The molecular weight excluding hydrogens is 414 g/mol. The molecule has 0 aliphatic carbocycles. The third-order valence-corrected chi connectivity index (χ3v) is 5.82. The van der Waals surface area contributed by atoms with E-state index in [-0.39, 0.29) is 12.1 Å². The summed E-state index contributed by atoms with van der Waals surface area (Å²) < 4.78 is 7.48. The molecule has 0 radical (unpaired) electrons. The Balaban J connectivity index is 1.40. The fourth-order valence-electron chi connectivity index (χ4n) is 4.32. The van der Waals surface area contributed by atoms with Crippen molar-refractivity contribution in [3.63, 3.8) is 0 Å². The van der Waals surface area contributed by atoms with Gasteiger partial charge in [0.2, 0.25) is 0 Å². The molecule has 1 aromatic carbocycles. The summed E-state index contributed by atoms with van der Waals surface area (Å²) >= 11 is 0. The van der Waals surface area contributed by atoms with Crippen LogP contribution in [0.25, 0.3) is 22.5 Å². The molecule has 5 rings (SSSR count). The molecule has 170 valence electrons. The van der Waals surface area contributed by atoms with E-state index in [1.54, 1.807) is 4.90 Å². The summed E-state index contributed by atoms with van der Waals surface area (Å²) in [5.41, 5.74) is 8.15. The second kappa shape index (κ2) is 8.31. The summed E-state index contributed by atoms with van der Waals surface area (Å²) in [6, 6.07) is 16.5. The minimum absolute atomic E-state index is 0.152. The zero-order valence-electron chi connectivity index (χ0n) is 19.2. The highest BCUT2D eigenvalue weighted by Crippen LogP contribution is 2.32. The number of nitrogens with one attached hydrogen (secondary N) is 1. The topological polar surface area (TPSA) is 62.1 Å². The number of amides is 1. The number of ether oxygens (including phenoxy) is 1. The first-order valence-corrected chi connectivity index (χ1v) is 11.3. The molecule has 4 heterocycles. The Bertz CT molecular complexity index is 1220. The minimum atomic E-state index is -0.494. The normalized spacial score (nSPS) is 18.4. The SMILES string of the molecule is CC(C)(C)OC(=O)N1CC[C@H](N2C=CC=C(c3c(-c4ccccc4)nn4ccccc34)N2)C1. The quantitative estimate of drug-likeness (QED) is 0.637. The fraction of sp³-hybridized carbons (Fsp3) is 0.308. The van der Waals surface area contributed by atoms with Gasteiger partial charge in [-0.1, -0.05) is 36.4 Å². The van der Waals surface area contributed by atoms with E-state index in [0.717, 1.165) is 34.5 Å². The molecule has 1 saturated heterocycles. The van der Waals surface area contributed by atoms with E-state index in [1.807, 2.05) is 74.1 Å². The van der Waals surface area contributed by atoms with Gasteiger partial charge in [0, 0.05) is 31.0 Å². The van der Waals surface area contributed by atoms with Crippen molar-refractivity contribution in [2.24, 2.45) is 0 Å². The minimum Gasteiger partial charge on any atom is -0.444 e. The van der Waals surface area contributed by atoms with Gasteiger partial charge in [-0.05, 0) is 51.5 Å². The van der Waals surface area contributed by atoms with Crippen LogP contribution in [0, 0.1) is 0 Å². The fourth-order valence-corrected chi connectivity index (χ4v) is 4.32. The maximum Gasteiger partial charge on any atom is 0.410 e. The summed E-state index contributed by atoms with van der Waals surface area (Å²) in [6.07, 6.45) is 8.73. The number of pyridine rings is 1. The standard InChI is InChI=1S/C26H29N5O2/c1-26(2,3)33-25(32)29-17-14-20(18-29)30-16-9-12-21(27-30)23-22-13-7-8-15-31(22)28-24(23)19-10-5-4-6-11-19/h4-13,15-16,20,27H,14,17-18H2,1-3H3/t20-/m0/s1. The Morgan fingerprint density at radius 2 is 1.91 bits per heavy atom. The van der Waals surface area contributed by atoms with Gasteiger partial charge in [-0.3, -0.25) is 10.4 Å². The lowest BCUT2D eigenvalue weighted by atomic mass is 10.0. The van der Waals surface area contributed by atoms with Gasteiger partial charge in [-0.15, -0.1) is 0 Å². The van der Waals surface area contributed by atoms with Crippen LogP contribution in [-0.2, 0) is 4.74 Å². The zero-order valence-corrected chi connectivity index (χ0v) is 19.2. The van der Waals surface area contributed by atoms with E-state index in [9.17, 15) is 4.79 Å². The highest BCUT2D eigenvalue weighted by atomic mass is 16.6. The number of benzene rings is 1. The van der Waals surface area contributed by atoms with Crippen molar-refractivity contribution in [3.05, 3.63) is 78.6 Å². The summed E-state index contributed by atoms with van der Waals surface area (Å²) in [4.78, 5) is 14.3. The van der Waals surface area contributed by atoms with Crippen LogP contribution >= 0.6 is 0 Å². The second-order valence-corrected chi connectivity index (χ2v) is 9.43. The molecule has 1 atom stereocenters. The third-order valence-electron chi connectivity index (χ3n) is 5.82. The number of carbonyl (C=O) groups is 1. The Labute approximate surface area is 193 Å². The number of hydrogen-bond donors (Lipinski definition) is 1. The average molecular weight is 444 g/mol. The predicted octanol–water partition coefficient (Wildman–Crippen LogP) is 4.69. The van der Waals surface area contributed by atoms with Crippen LogP contribution in [0.3, 0.4) is 0 Å². The molecule has 1 N–H and O–H groups in total. The molecule has 7 heteroatoms. The van der Waals surface area contributed by atoms with Crippen LogP contribution in [0.1, 0.15) is 32.8 Å². The number of hydrogen-bond acceptors (Lipinski definition) is 5. The summed E-state index contributed by atoms with van der Waals surface area (Å²) in [5.74, 6) is 0. The number of carbonyl (C=O) groups excluding carboxylic acids is 1. The second-order valence-electron chi connectivity index (χ2n) is 9.43. The largest absolute Gasteiger partial charge is 0.444 e. The molecule has 0 saturated carbocycles. The molecule has 0 spiro atoms. The molecule has 0 bridgehead atoms. The summed E-state index contributed by atoms with van der Waals surface area (Å²) in [7, 11) is 0. The first kappa shape index (κ1) is 21.1. The number of nitrogens with zero attached hydrogens (tertiary/aromatic N) is 4. The number of rotatable bonds is 3. The molecule has 7 nitrogen and oxygen atoms in total. The van der Waals surface area contributed by atoms with Gasteiger partial charge in [0.05, 0.1) is 22.8 Å². The summed E-state index contributed by atoms with van der Waals surface area (Å²) in [6.45, 7) is 6.97. The van der Waals surface area contributed by atoms with Gasteiger partial charge >= 0.3 is 6.09 Å². The highest BCUT2D eigenvalue weighted by molar-refractivity contribution is 5.88. The Hall–Kier alpha value is -3.74. The van der Waals surface area contributed by atoms with Crippen molar-refractivity contribution in [2.75, 3.05) is 13.1 Å². The van der Waals surface area contributed by atoms with Gasteiger partial charge in [0.25, 0.3) is 0 Å². The van der Waals surface area contributed by atoms with Crippen LogP contribution in [0.4, 0.5) is 4.79 Å². The first-order valence-electron chi connectivity index (χ1n) is 11.3. The van der Waals surface area contributed by atoms with Gasteiger partial charge in [-0.25, -0.2) is 9.31 Å². The monoisotopic (exact) mass is 443 g/mol. The maximum absolute atomic E-state index is 12.5. The molecule has 3 aromatic rings. The number of likely N-dealkylation sites (tertiary alicyclic amines) is 1. The number of fused-ring (bicyclic) bond motifs is 1. The average Bonchev–Trinajstić information content (AvgIpc) is 3.44. The van der Waals surface area contributed by atoms with Gasteiger partial charge in [-0.2, -0.15) is 5.10 Å². The Morgan fingerprint density at radius 3 is 2.70 bits per heavy atom. The van der Waals surface area contributed by atoms with Crippen LogP contribution in [0.5, 0.6) is 0 Å². The van der Waals surface area contributed by atoms with Gasteiger partial charge in [0.1, 0.15) is 11.3 Å². The predicted molar refractivity (Wildman–Crippen MR) is 129 cm³/mol. The molecule has 2 aliphatic rings. The molecule has 33 heavy (non-hydrogen) atoms. The van der Waals surface area contributed by atoms with Crippen molar-refractivity contribution >= 4 is 17.3 Å². The highest BCUT2D eigenvalue weighted by Gasteiger charge is 2.33. The maximum atomic E-state index is 12.5. The van der Waals surface area contributed by atoms with Crippen molar-refractivity contribution in [1.82, 2.24) is 24.9 Å². The first-order chi connectivity index (χ1) is 15.9. The van der Waals surface area contributed by atoms with Crippen molar-refractivity contribution in [3.8, 4) is 11.3 Å². The van der Waals surface area contributed by atoms with E-state index in [1.165, 1.54) is 0 Å². The van der Waals surface area contributed by atoms with Gasteiger partial charge < -0.3 is 9.64 Å². The van der Waals surface area contributed by atoms with E-state index >= 15 is 0 Å². The molecule has 1 fully saturated rings. The Morgan fingerprint density at radius 1 is 1.12 bits per heavy atom. The van der Waals surface area contributed by atoms with Crippen LogP contribution in [-0.4, -0.2) is 50.3 Å². The molecule has 2 aromatic heterocycles. The van der Waals surface area contributed by atoms with Crippen molar-refractivity contribution in [1.29, 1.82) is 0 Å². The molecule has 0 unspecified atom stereocenters. The molecule has 1 amide bonds. The molecular formula is C26H29N5O2.